The van der Waals surface area contributed by atoms with Gasteiger partial charge in [0.1, 0.15) is 0 Å². The molecule has 4 unspecified atom stereocenters. The average Bonchev–Trinajstić information content (AvgIpc) is 2.98. The highest BCUT2D eigenvalue weighted by atomic mass is 14.9. The van der Waals surface area contributed by atoms with Gasteiger partial charge in [-0.05, 0) is 56.0 Å². The van der Waals surface area contributed by atoms with Crippen LogP contribution < -0.4 is 5.32 Å². The van der Waals surface area contributed by atoms with Gasteiger partial charge in [0.25, 0.3) is 0 Å². The van der Waals surface area contributed by atoms with Crippen LogP contribution in [0.1, 0.15) is 52.4 Å². The summed E-state index contributed by atoms with van der Waals surface area (Å²) in [4.78, 5) is 0. The zero-order valence-corrected chi connectivity index (χ0v) is 10.5. The summed E-state index contributed by atoms with van der Waals surface area (Å²) in [6.07, 6.45) is 8.83. The van der Waals surface area contributed by atoms with Crippen molar-refractivity contribution in [1.29, 1.82) is 0 Å². The van der Waals surface area contributed by atoms with Crippen LogP contribution in [-0.4, -0.2) is 13.1 Å². The van der Waals surface area contributed by atoms with Crippen LogP contribution in [0.3, 0.4) is 0 Å². The van der Waals surface area contributed by atoms with Crippen molar-refractivity contribution >= 4 is 0 Å². The van der Waals surface area contributed by atoms with Crippen molar-refractivity contribution in [2.75, 3.05) is 13.1 Å². The molecule has 4 atom stereocenters. The van der Waals surface area contributed by atoms with Crippen molar-refractivity contribution in [2.24, 2.45) is 23.7 Å². The van der Waals surface area contributed by atoms with Gasteiger partial charge in [-0.15, -0.1) is 0 Å². The van der Waals surface area contributed by atoms with E-state index in [0.29, 0.717) is 0 Å². The summed E-state index contributed by atoms with van der Waals surface area (Å²) in [7, 11) is 0. The van der Waals surface area contributed by atoms with Crippen LogP contribution in [0.25, 0.3) is 0 Å². The first-order valence-electron chi connectivity index (χ1n) is 7.02. The lowest BCUT2D eigenvalue weighted by Crippen LogP contribution is -2.21. The zero-order chi connectivity index (χ0) is 10.7. The molecule has 2 rings (SSSR count). The second-order valence-electron chi connectivity index (χ2n) is 5.90. The standard InChI is InChI=1S/C14H27N/c1-3-7-15-10-13-9-14(13)12-6-4-5-11(2)8-12/h11-15H,3-10H2,1-2H3. The quantitative estimate of drug-likeness (QED) is 0.684. The summed E-state index contributed by atoms with van der Waals surface area (Å²) in [5, 5.41) is 3.58. The lowest BCUT2D eigenvalue weighted by atomic mass is 9.79. The number of hydrogen-bond donors (Lipinski definition) is 1. The summed E-state index contributed by atoms with van der Waals surface area (Å²) < 4.78 is 0. The van der Waals surface area contributed by atoms with E-state index < -0.39 is 0 Å². The van der Waals surface area contributed by atoms with Crippen LogP contribution in [0.5, 0.6) is 0 Å². The molecule has 0 bridgehead atoms. The molecule has 0 amide bonds. The highest BCUT2D eigenvalue weighted by Crippen LogP contribution is 2.49. The minimum atomic E-state index is 1.01. The van der Waals surface area contributed by atoms with E-state index in [0.717, 1.165) is 23.7 Å². The van der Waals surface area contributed by atoms with E-state index >= 15 is 0 Å². The van der Waals surface area contributed by atoms with Crippen molar-refractivity contribution in [3.05, 3.63) is 0 Å². The topological polar surface area (TPSA) is 12.0 Å². The van der Waals surface area contributed by atoms with Gasteiger partial charge >= 0.3 is 0 Å². The summed E-state index contributed by atoms with van der Waals surface area (Å²) in [5.41, 5.74) is 0. The molecule has 0 radical (unpaired) electrons. The summed E-state index contributed by atoms with van der Waals surface area (Å²) >= 11 is 0. The van der Waals surface area contributed by atoms with Gasteiger partial charge in [0.2, 0.25) is 0 Å². The molecule has 88 valence electrons. The van der Waals surface area contributed by atoms with Crippen molar-refractivity contribution < 1.29 is 0 Å². The molecule has 0 aromatic rings. The Hall–Kier alpha value is -0.0400. The first-order valence-corrected chi connectivity index (χ1v) is 7.02. The Kier molecular flexibility index (Phi) is 4.07. The molecule has 1 nitrogen and oxygen atoms in total. The van der Waals surface area contributed by atoms with Gasteiger partial charge in [0.15, 0.2) is 0 Å². The molecule has 15 heavy (non-hydrogen) atoms. The third kappa shape index (κ3) is 3.21. The molecule has 0 aliphatic heterocycles. The largest absolute Gasteiger partial charge is 0.316 e. The molecule has 0 heterocycles. The number of rotatable bonds is 5. The van der Waals surface area contributed by atoms with E-state index in [9.17, 15) is 0 Å². The summed E-state index contributed by atoms with van der Waals surface area (Å²) in [6, 6.07) is 0. The maximum absolute atomic E-state index is 3.58. The maximum Gasteiger partial charge on any atom is -0.00177 e. The average molecular weight is 209 g/mol. The number of nitrogens with one attached hydrogen (secondary N) is 1. The van der Waals surface area contributed by atoms with Crippen molar-refractivity contribution in [3.8, 4) is 0 Å². The Bertz CT molecular complexity index is 190. The molecule has 0 spiro atoms. The minimum Gasteiger partial charge on any atom is -0.316 e. The van der Waals surface area contributed by atoms with Crippen LogP contribution >= 0.6 is 0 Å². The molecule has 0 aromatic carbocycles. The zero-order valence-electron chi connectivity index (χ0n) is 10.5. The van der Waals surface area contributed by atoms with Gasteiger partial charge in [-0.3, -0.25) is 0 Å². The van der Waals surface area contributed by atoms with Crippen LogP contribution in [0.4, 0.5) is 0 Å². The van der Waals surface area contributed by atoms with E-state index in [1.165, 1.54) is 51.6 Å². The summed E-state index contributed by atoms with van der Waals surface area (Å²) in [5.74, 6) is 4.22. The summed E-state index contributed by atoms with van der Waals surface area (Å²) in [6.45, 7) is 7.20. The molecule has 2 aliphatic rings. The van der Waals surface area contributed by atoms with Gasteiger partial charge in [0.05, 0.1) is 0 Å². The fourth-order valence-corrected chi connectivity index (χ4v) is 3.42. The van der Waals surface area contributed by atoms with Gasteiger partial charge in [-0.2, -0.15) is 0 Å². The lowest BCUT2D eigenvalue weighted by Gasteiger charge is -2.27. The Labute approximate surface area is 95.0 Å². The molecule has 1 heteroatoms. The van der Waals surface area contributed by atoms with Crippen LogP contribution in [0.15, 0.2) is 0 Å². The lowest BCUT2D eigenvalue weighted by molar-refractivity contribution is 0.248. The number of hydrogen-bond acceptors (Lipinski definition) is 1. The fourth-order valence-electron chi connectivity index (χ4n) is 3.42. The van der Waals surface area contributed by atoms with Crippen LogP contribution in [0.2, 0.25) is 0 Å². The molecular formula is C14H27N. The molecule has 2 saturated carbocycles. The fraction of sp³-hybridized carbons (Fsp3) is 1.00. The molecule has 2 fully saturated rings. The van der Waals surface area contributed by atoms with Gasteiger partial charge in [-0.25, -0.2) is 0 Å². The molecule has 1 N–H and O–H groups in total. The SMILES string of the molecule is CCCNCC1CC1C1CCCC(C)C1. The first-order chi connectivity index (χ1) is 7.31. The highest BCUT2D eigenvalue weighted by molar-refractivity contribution is 4.93. The molecule has 0 saturated heterocycles. The Morgan fingerprint density at radius 3 is 2.80 bits per heavy atom. The van der Waals surface area contributed by atoms with Crippen molar-refractivity contribution in [1.82, 2.24) is 5.32 Å². The second kappa shape index (κ2) is 5.34. The van der Waals surface area contributed by atoms with Crippen molar-refractivity contribution in [3.63, 3.8) is 0 Å². The molecule has 2 aliphatic carbocycles. The second-order valence-corrected chi connectivity index (χ2v) is 5.90. The normalized spacial score (nSPS) is 40.4. The van der Waals surface area contributed by atoms with Crippen molar-refractivity contribution in [2.45, 2.75) is 52.4 Å². The predicted molar refractivity (Wildman–Crippen MR) is 65.9 cm³/mol. The predicted octanol–water partition coefficient (Wildman–Crippen LogP) is 3.45. The van der Waals surface area contributed by atoms with E-state index in [1.54, 1.807) is 0 Å². The smallest absolute Gasteiger partial charge is 0.00177 e. The first kappa shape index (κ1) is 11.4. The van der Waals surface area contributed by atoms with E-state index in [1.807, 2.05) is 0 Å². The highest BCUT2D eigenvalue weighted by Gasteiger charge is 2.42. The molecule has 0 aromatic heterocycles. The third-order valence-corrected chi connectivity index (χ3v) is 4.39. The Morgan fingerprint density at radius 2 is 2.07 bits per heavy atom. The monoisotopic (exact) mass is 209 g/mol. The maximum atomic E-state index is 3.58. The van der Waals surface area contributed by atoms with Gasteiger partial charge in [0, 0.05) is 0 Å². The Morgan fingerprint density at radius 1 is 1.20 bits per heavy atom. The van der Waals surface area contributed by atoms with Gasteiger partial charge in [-0.1, -0.05) is 33.1 Å². The van der Waals surface area contributed by atoms with E-state index in [2.05, 4.69) is 19.2 Å². The van der Waals surface area contributed by atoms with Gasteiger partial charge < -0.3 is 5.32 Å². The molecular weight excluding hydrogens is 182 g/mol. The van der Waals surface area contributed by atoms with Crippen LogP contribution in [0, 0.1) is 23.7 Å². The Balaban J connectivity index is 1.64. The van der Waals surface area contributed by atoms with Crippen LogP contribution in [-0.2, 0) is 0 Å². The van der Waals surface area contributed by atoms with E-state index in [4.69, 9.17) is 0 Å². The third-order valence-electron chi connectivity index (χ3n) is 4.39. The van der Waals surface area contributed by atoms with E-state index in [-0.39, 0.29) is 0 Å². The minimum absolute atomic E-state index is 1.01.